The van der Waals surface area contributed by atoms with E-state index in [2.05, 4.69) is 18.2 Å². The lowest BCUT2D eigenvalue weighted by atomic mass is 9.93. The number of carbonyl (C=O) groups is 1. The molecule has 0 fully saturated rings. The Morgan fingerprint density at radius 1 is 1.05 bits per heavy atom. The lowest BCUT2D eigenvalue weighted by molar-refractivity contribution is -0.119. The van der Waals surface area contributed by atoms with E-state index < -0.39 is 0 Å². The molecule has 3 rings (SSSR count). The van der Waals surface area contributed by atoms with Crippen LogP contribution in [0.3, 0.4) is 0 Å². The van der Waals surface area contributed by atoms with Crippen LogP contribution in [0.15, 0.2) is 48.5 Å². The minimum atomic E-state index is -0.0749. The first-order valence-corrected chi connectivity index (χ1v) is 7.86. The maximum atomic E-state index is 12.7. The summed E-state index contributed by atoms with van der Waals surface area (Å²) in [5.41, 5.74) is 3.36. The molecule has 3 heteroatoms. The van der Waals surface area contributed by atoms with Crippen LogP contribution >= 0.6 is 0 Å². The molecule has 114 valence electrons. The quantitative estimate of drug-likeness (QED) is 0.840. The van der Waals surface area contributed by atoms with Gasteiger partial charge in [-0.3, -0.25) is 4.79 Å². The van der Waals surface area contributed by atoms with Crippen molar-refractivity contribution in [1.29, 1.82) is 0 Å². The van der Waals surface area contributed by atoms with Crippen molar-refractivity contribution in [1.82, 2.24) is 0 Å². The summed E-state index contributed by atoms with van der Waals surface area (Å²) in [6.07, 6.45) is 0.735. The molecule has 0 aromatic heterocycles. The molecule has 0 unspecified atom stereocenters. The first-order valence-electron chi connectivity index (χ1n) is 7.86. The molecule has 0 saturated carbocycles. The molecule has 0 spiro atoms. The summed E-state index contributed by atoms with van der Waals surface area (Å²) in [5.74, 6) is 1.01. The number of rotatable bonds is 5. The molecule has 1 aliphatic heterocycles. The summed E-state index contributed by atoms with van der Waals surface area (Å²) in [6.45, 7) is 5.38. The SMILES string of the molecule is CCOc1ccc(C[C@@H]2C(=O)N(CC)c3ccccc32)cc1. The van der Waals surface area contributed by atoms with Crippen molar-refractivity contribution in [3.05, 3.63) is 59.7 Å². The number of hydrogen-bond donors (Lipinski definition) is 0. The molecule has 22 heavy (non-hydrogen) atoms. The average molecular weight is 295 g/mol. The molecule has 0 bridgehead atoms. The number of anilines is 1. The first kappa shape index (κ1) is 14.6. The first-order chi connectivity index (χ1) is 10.7. The van der Waals surface area contributed by atoms with Crippen molar-refractivity contribution in [3.8, 4) is 5.75 Å². The molecule has 0 radical (unpaired) electrons. The van der Waals surface area contributed by atoms with E-state index in [9.17, 15) is 4.79 Å². The Labute approximate surface area is 131 Å². The third-order valence-corrected chi connectivity index (χ3v) is 4.16. The highest BCUT2D eigenvalue weighted by atomic mass is 16.5. The molecule has 1 amide bonds. The molecule has 1 aliphatic rings. The molecular weight excluding hydrogens is 274 g/mol. The largest absolute Gasteiger partial charge is 0.494 e. The molecule has 2 aromatic rings. The summed E-state index contributed by atoms with van der Waals surface area (Å²) >= 11 is 0. The van der Waals surface area contributed by atoms with E-state index in [1.54, 1.807) is 0 Å². The van der Waals surface area contributed by atoms with Crippen molar-refractivity contribution in [2.45, 2.75) is 26.2 Å². The maximum Gasteiger partial charge on any atom is 0.234 e. The highest BCUT2D eigenvalue weighted by Crippen LogP contribution is 2.38. The number of para-hydroxylation sites is 1. The zero-order valence-corrected chi connectivity index (χ0v) is 13.1. The second-order valence-electron chi connectivity index (χ2n) is 5.47. The Morgan fingerprint density at radius 2 is 1.77 bits per heavy atom. The van der Waals surface area contributed by atoms with Crippen molar-refractivity contribution < 1.29 is 9.53 Å². The molecule has 2 aromatic carbocycles. The highest BCUT2D eigenvalue weighted by Gasteiger charge is 2.35. The summed E-state index contributed by atoms with van der Waals surface area (Å²) in [5, 5.41) is 0. The van der Waals surface area contributed by atoms with Gasteiger partial charge in [0, 0.05) is 12.2 Å². The standard InChI is InChI=1S/C19H21NO2/c1-3-20-18-8-6-5-7-16(18)17(19(20)21)13-14-9-11-15(12-10-14)22-4-2/h5-12,17H,3-4,13H2,1-2H3/t17-/m0/s1. The van der Waals surface area contributed by atoms with Crippen LogP contribution in [-0.4, -0.2) is 19.1 Å². The van der Waals surface area contributed by atoms with Crippen molar-refractivity contribution in [2.24, 2.45) is 0 Å². The average Bonchev–Trinajstić information content (AvgIpc) is 2.81. The number of carbonyl (C=O) groups excluding carboxylic acids is 1. The predicted octanol–water partition coefficient (Wildman–Crippen LogP) is 3.78. The van der Waals surface area contributed by atoms with E-state index in [0.717, 1.165) is 35.5 Å². The molecule has 1 heterocycles. The van der Waals surface area contributed by atoms with Crippen LogP contribution in [0.5, 0.6) is 5.75 Å². The fourth-order valence-corrected chi connectivity index (χ4v) is 3.12. The molecule has 0 N–H and O–H groups in total. The number of amides is 1. The molecule has 1 atom stereocenters. The minimum absolute atomic E-state index is 0.0749. The van der Waals surface area contributed by atoms with E-state index in [4.69, 9.17) is 4.74 Å². The Balaban J connectivity index is 1.84. The number of likely N-dealkylation sites (N-methyl/N-ethyl adjacent to an activating group) is 1. The molecular formula is C19H21NO2. The van der Waals surface area contributed by atoms with Crippen LogP contribution < -0.4 is 9.64 Å². The van der Waals surface area contributed by atoms with Gasteiger partial charge in [0.15, 0.2) is 0 Å². The lowest BCUT2D eigenvalue weighted by Crippen LogP contribution is -2.29. The summed E-state index contributed by atoms with van der Waals surface area (Å²) in [4.78, 5) is 14.6. The maximum absolute atomic E-state index is 12.7. The molecule has 3 nitrogen and oxygen atoms in total. The fourth-order valence-electron chi connectivity index (χ4n) is 3.12. The van der Waals surface area contributed by atoms with Crippen LogP contribution in [0.1, 0.15) is 30.9 Å². The van der Waals surface area contributed by atoms with Crippen molar-refractivity contribution in [2.75, 3.05) is 18.1 Å². The van der Waals surface area contributed by atoms with Gasteiger partial charge in [0.05, 0.1) is 12.5 Å². The normalized spacial score (nSPS) is 16.7. The number of benzene rings is 2. The molecule has 0 aliphatic carbocycles. The van der Waals surface area contributed by atoms with Gasteiger partial charge in [0.1, 0.15) is 5.75 Å². The third kappa shape index (κ3) is 2.59. The summed E-state index contributed by atoms with van der Waals surface area (Å²) < 4.78 is 5.47. The number of hydrogen-bond acceptors (Lipinski definition) is 2. The van der Waals surface area contributed by atoms with Crippen LogP contribution in [0.2, 0.25) is 0 Å². The van der Waals surface area contributed by atoms with E-state index in [1.165, 1.54) is 0 Å². The minimum Gasteiger partial charge on any atom is -0.494 e. The summed E-state index contributed by atoms with van der Waals surface area (Å²) in [7, 11) is 0. The van der Waals surface area contributed by atoms with Gasteiger partial charge in [-0.25, -0.2) is 0 Å². The number of ether oxygens (including phenoxy) is 1. The van der Waals surface area contributed by atoms with Gasteiger partial charge < -0.3 is 9.64 Å². The van der Waals surface area contributed by atoms with Gasteiger partial charge in [-0.2, -0.15) is 0 Å². The predicted molar refractivity (Wildman–Crippen MR) is 88.5 cm³/mol. The van der Waals surface area contributed by atoms with E-state index in [-0.39, 0.29) is 11.8 Å². The van der Waals surface area contributed by atoms with E-state index >= 15 is 0 Å². The molecule has 0 saturated heterocycles. The number of nitrogens with zero attached hydrogens (tertiary/aromatic N) is 1. The van der Waals surface area contributed by atoms with E-state index in [1.807, 2.05) is 49.1 Å². The lowest BCUT2D eigenvalue weighted by Gasteiger charge is -2.15. The monoisotopic (exact) mass is 295 g/mol. The topological polar surface area (TPSA) is 29.5 Å². The second kappa shape index (κ2) is 6.22. The van der Waals surface area contributed by atoms with Gasteiger partial charge in [-0.15, -0.1) is 0 Å². The van der Waals surface area contributed by atoms with Gasteiger partial charge in [-0.1, -0.05) is 30.3 Å². The summed E-state index contributed by atoms with van der Waals surface area (Å²) in [6, 6.07) is 16.2. The van der Waals surface area contributed by atoms with Crippen LogP contribution in [0.4, 0.5) is 5.69 Å². The van der Waals surface area contributed by atoms with Gasteiger partial charge in [0.25, 0.3) is 0 Å². The highest BCUT2D eigenvalue weighted by molar-refractivity contribution is 6.05. The van der Waals surface area contributed by atoms with Gasteiger partial charge in [-0.05, 0) is 49.6 Å². The smallest absolute Gasteiger partial charge is 0.234 e. The van der Waals surface area contributed by atoms with Crippen molar-refractivity contribution >= 4 is 11.6 Å². The zero-order chi connectivity index (χ0) is 15.5. The van der Waals surface area contributed by atoms with Gasteiger partial charge >= 0.3 is 0 Å². The second-order valence-corrected chi connectivity index (χ2v) is 5.47. The number of fused-ring (bicyclic) bond motifs is 1. The Kier molecular flexibility index (Phi) is 4.14. The van der Waals surface area contributed by atoms with Crippen LogP contribution in [0, 0.1) is 0 Å². The van der Waals surface area contributed by atoms with Crippen LogP contribution in [0.25, 0.3) is 0 Å². The third-order valence-electron chi connectivity index (χ3n) is 4.16. The Bertz CT molecular complexity index is 663. The van der Waals surface area contributed by atoms with Crippen LogP contribution in [-0.2, 0) is 11.2 Å². The Hall–Kier alpha value is -2.29. The van der Waals surface area contributed by atoms with Gasteiger partial charge in [0.2, 0.25) is 5.91 Å². The zero-order valence-electron chi connectivity index (χ0n) is 13.1. The van der Waals surface area contributed by atoms with Crippen molar-refractivity contribution in [3.63, 3.8) is 0 Å². The fraction of sp³-hybridized carbons (Fsp3) is 0.316. The van der Waals surface area contributed by atoms with E-state index in [0.29, 0.717) is 6.61 Å². The Morgan fingerprint density at radius 3 is 2.45 bits per heavy atom.